The van der Waals surface area contributed by atoms with Gasteiger partial charge >= 0.3 is 0 Å². The van der Waals surface area contributed by atoms with Gasteiger partial charge in [0.05, 0.1) is 21.9 Å². The fourth-order valence-corrected chi connectivity index (χ4v) is 3.00. The maximum atomic E-state index is 12.4. The van der Waals surface area contributed by atoms with Crippen LogP contribution in [0.4, 0.5) is 0 Å². The molecule has 1 aromatic heterocycles. The van der Waals surface area contributed by atoms with E-state index >= 15 is 0 Å². The molecular weight excluding hydrogens is 282 g/mol. The Morgan fingerprint density at radius 3 is 2.58 bits per heavy atom. The number of ketones is 1. The van der Waals surface area contributed by atoms with E-state index in [-0.39, 0.29) is 11.8 Å². The van der Waals surface area contributed by atoms with E-state index in [0.717, 1.165) is 18.0 Å². The van der Waals surface area contributed by atoms with Crippen LogP contribution in [0.3, 0.4) is 0 Å². The van der Waals surface area contributed by atoms with Crippen LogP contribution in [0.2, 0.25) is 4.34 Å². The number of methoxy groups -OCH3 is 1. The molecule has 0 amide bonds. The van der Waals surface area contributed by atoms with Crippen LogP contribution < -0.4 is 0 Å². The number of nitrogens with zero attached hydrogens (tertiary/aromatic N) is 1. The monoisotopic (exact) mass is 303 g/mol. The van der Waals surface area contributed by atoms with Gasteiger partial charge in [-0.3, -0.25) is 9.69 Å². The summed E-state index contributed by atoms with van der Waals surface area (Å²) in [5.74, 6) is 0.646. The molecule has 3 nitrogen and oxygen atoms in total. The highest BCUT2D eigenvalue weighted by Gasteiger charge is 2.24. The fraction of sp³-hybridized carbons (Fsp3) is 0.643. The second kappa shape index (κ2) is 8.00. The van der Waals surface area contributed by atoms with E-state index in [1.54, 1.807) is 19.2 Å². The number of hydrogen-bond donors (Lipinski definition) is 0. The molecule has 1 aromatic rings. The Balaban J connectivity index is 2.73. The Morgan fingerprint density at radius 2 is 2.11 bits per heavy atom. The Labute approximate surface area is 124 Å². The minimum atomic E-state index is -0.146. The Morgan fingerprint density at radius 1 is 1.42 bits per heavy atom. The molecule has 0 aliphatic rings. The summed E-state index contributed by atoms with van der Waals surface area (Å²) >= 11 is 7.23. The first-order valence-electron chi connectivity index (χ1n) is 6.48. The SMILES string of the molecule is COCCN(CC(C)C)C(C)C(=O)c1ccc(Cl)s1. The molecule has 0 aliphatic heterocycles. The van der Waals surface area contributed by atoms with Crippen molar-refractivity contribution in [3.63, 3.8) is 0 Å². The molecule has 0 fully saturated rings. The number of rotatable bonds is 8. The highest BCUT2D eigenvalue weighted by molar-refractivity contribution is 7.18. The zero-order valence-electron chi connectivity index (χ0n) is 12.0. The van der Waals surface area contributed by atoms with Crippen LogP contribution in [-0.4, -0.2) is 43.5 Å². The van der Waals surface area contributed by atoms with Gasteiger partial charge in [-0.25, -0.2) is 0 Å². The summed E-state index contributed by atoms with van der Waals surface area (Å²) in [5.41, 5.74) is 0. The normalized spacial score (nSPS) is 13.2. The summed E-state index contributed by atoms with van der Waals surface area (Å²) in [7, 11) is 1.68. The summed E-state index contributed by atoms with van der Waals surface area (Å²) in [6.45, 7) is 8.54. The lowest BCUT2D eigenvalue weighted by atomic mass is 10.1. The molecule has 1 atom stereocenters. The topological polar surface area (TPSA) is 29.5 Å². The molecule has 1 rings (SSSR count). The van der Waals surface area contributed by atoms with E-state index in [0.29, 0.717) is 16.9 Å². The van der Waals surface area contributed by atoms with Crippen LogP contribution in [-0.2, 0) is 4.74 Å². The first-order chi connectivity index (χ1) is 8.95. The number of carbonyl (C=O) groups is 1. The highest BCUT2D eigenvalue weighted by Crippen LogP contribution is 2.23. The summed E-state index contributed by atoms with van der Waals surface area (Å²) in [5, 5.41) is 0. The lowest BCUT2D eigenvalue weighted by Gasteiger charge is -2.29. The molecule has 1 unspecified atom stereocenters. The molecule has 0 saturated carbocycles. The number of halogens is 1. The van der Waals surface area contributed by atoms with Gasteiger partial charge in [0.15, 0.2) is 5.78 Å². The zero-order chi connectivity index (χ0) is 14.4. The van der Waals surface area contributed by atoms with E-state index in [9.17, 15) is 4.79 Å². The molecule has 0 radical (unpaired) electrons. The predicted octanol–water partition coefficient (Wildman–Crippen LogP) is 3.58. The van der Waals surface area contributed by atoms with Gasteiger partial charge < -0.3 is 4.74 Å². The van der Waals surface area contributed by atoms with Gasteiger partial charge in [0.1, 0.15) is 0 Å². The van der Waals surface area contributed by atoms with Gasteiger partial charge in [-0.2, -0.15) is 0 Å². The third kappa shape index (κ3) is 5.22. The number of carbonyl (C=O) groups excluding carboxylic acids is 1. The number of ether oxygens (including phenoxy) is 1. The average Bonchev–Trinajstić information content (AvgIpc) is 2.79. The third-order valence-corrected chi connectivity index (χ3v) is 4.17. The molecule has 0 aromatic carbocycles. The maximum Gasteiger partial charge on any atom is 0.189 e. The van der Waals surface area contributed by atoms with Crippen LogP contribution in [0.25, 0.3) is 0 Å². The van der Waals surface area contributed by atoms with Crippen molar-refractivity contribution in [1.82, 2.24) is 4.90 Å². The minimum Gasteiger partial charge on any atom is -0.383 e. The molecular formula is C14H22ClNO2S. The van der Waals surface area contributed by atoms with Gasteiger partial charge in [0.2, 0.25) is 0 Å². The first-order valence-corrected chi connectivity index (χ1v) is 7.67. The van der Waals surface area contributed by atoms with Crippen molar-refractivity contribution in [2.75, 3.05) is 26.8 Å². The first kappa shape index (κ1) is 16.6. The van der Waals surface area contributed by atoms with E-state index in [1.807, 2.05) is 6.92 Å². The van der Waals surface area contributed by atoms with E-state index in [4.69, 9.17) is 16.3 Å². The zero-order valence-corrected chi connectivity index (χ0v) is 13.6. The number of hydrogen-bond acceptors (Lipinski definition) is 4. The van der Waals surface area contributed by atoms with E-state index < -0.39 is 0 Å². The lowest BCUT2D eigenvalue weighted by Crippen LogP contribution is -2.42. The molecule has 0 spiro atoms. The number of Topliss-reactive ketones (excluding diaryl/α,β-unsaturated/α-hetero) is 1. The average molecular weight is 304 g/mol. The van der Waals surface area contributed by atoms with E-state index in [1.165, 1.54) is 11.3 Å². The quantitative estimate of drug-likeness (QED) is 0.688. The van der Waals surface area contributed by atoms with Crippen LogP contribution in [0.15, 0.2) is 12.1 Å². The highest BCUT2D eigenvalue weighted by atomic mass is 35.5. The summed E-state index contributed by atoms with van der Waals surface area (Å²) < 4.78 is 5.78. The van der Waals surface area contributed by atoms with Gasteiger partial charge in [-0.05, 0) is 25.0 Å². The van der Waals surface area contributed by atoms with Crippen LogP contribution in [0, 0.1) is 5.92 Å². The second-order valence-corrected chi connectivity index (χ2v) is 6.74. The summed E-state index contributed by atoms with van der Waals surface area (Å²) in [4.78, 5) is 15.3. The van der Waals surface area contributed by atoms with Crippen molar-refractivity contribution in [3.8, 4) is 0 Å². The van der Waals surface area contributed by atoms with Gasteiger partial charge in [-0.1, -0.05) is 25.4 Å². The maximum absolute atomic E-state index is 12.4. The van der Waals surface area contributed by atoms with Crippen LogP contribution >= 0.6 is 22.9 Å². The van der Waals surface area contributed by atoms with Crippen LogP contribution in [0.5, 0.6) is 0 Å². The summed E-state index contributed by atoms with van der Waals surface area (Å²) in [6, 6.07) is 3.43. The molecule has 5 heteroatoms. The van der Waals surface area contributed by atoms with Crippen molar-refractivity contribution in [2.24, 2.45) is 5.92 Å². The van der Waals surface area contributed by atoms with Crippen molar-refractivity contribution in [3.05, 3.63) is 21.3 Å². The largest absolute Gasteiger partial charge is 0.383 e. The molecule has 1 heterocycles. The standard InChI is InChI=1S/C14H22ClNO2S/c1-10(2)9-16(7-8-18-4)11(3)14(17)12-5-6-13(15)19-12/h5-6,10-11H,7-9H2,1-4H3. The molecule has 0 N–H and O–H groups in total. The fourth-order valence-electron chi connectivity index (χ4n) is 1.94. The van der Waals surface area contributed by atoms with Crippen LogP contribution in [0.1, 0.15) is 30.4 Å². The van der Waals surface area contributed by atoms with Gasteiger partial charge in [0, 0.05) is 20.2 Å². The van der Waals surface area contributed by atoms with Crippen molar-refractivity contribution in [2.45, 2.75) is 26.8 Å². The Hall–Kier alpha value is -0.420. The molecule has 108 valence electrons. The molecule has 0 bridgehead atoms. The second-order valence-electron chi connectivity index (χ2n) is 5.03. The lowest BCUT2D eigenvalue weighted by molar-refractivity contribution is 0.0754. The predicted molar refractivity (Wildman–Crippen MR) is 81.4 cm³/mol. The summed E-state index contributed by atoms with van der Waals surface area (Å²) in [6.07, 6.45) is 0. The Bertz CT molecular complexity index is 406. The molecule has 0 aliphatic carbocycles. The molecule has 0 saturated heterocycles. The minimum absolute atomic E-state index is 0.133. The van der Waals surface area contributed by atoms with Gasteiger partial charge in [0.25, 0.3) is 0 Å². The van der Waals surface area contributed by atoms with Crippen molar-refractivity contribution in [1.29, 1.82) is 0 Å². The van der Waals surface area contributed by atoms with Crippen molar-refractivity contribution < 1.29 is 9.53 Å². The Kier molecular flexibility index (Phi) is 7.00. The smallest absolute Gasteiger partial charge is 0.189 e. The number of thiophene rings is 1. The third-order valence-electron chi connectivity index (χ3n) is 2.93. The van der Waals surface area contributed by atoms with Gasteiger partial charge in [-0.15, -0.1) is 11.3 Å². The van der Waals surface area contributed by atoms with E-state index in [2.05, 4.69) is 18.7 Å². The molecule has 19 heavy (non-hydrogen) atoms. The van der Waals surface area contributed by atoms with Crippen molar-refractivity contribution >= 4 is 28.7 Å².